The van der Waals surface area contributed by atoms with Gasteiger partial charge in [0.2, 0.25) is 0 Å². The number of unbranched alkanes of at least 4 members (excludes halogenated alkanes) is 16. The molecule has 0 aliphatic carbocycles. The van der Waals surface area contributed by atoms with Gasteiger partial charge in [0.25, 0.3) is 0 Å². The molecule has 0 N–H and O–H groups in total. The maximum Gasteiger partial charge on any atom is 0.186 e. The third-order valence-electron chi connectivity index (χ3n) is 5.68. The van der Waals surface area contributed by atoms with E-state index in [2.05, 4.69) is 32.6 Å². The fraction of sp³-hybridized carbons (Fsp3) is 1.00. The molecular formula is C24H52OSSi. The maximum atomic E-state index is 6.21. The van der Waals surface area contributed by atoms with Crippen LogP contribution in [-0.2, 0) is 4.43 Å². The molecule has 0 fully saturated rings. The highest BCUT2D eigenvalue weighted by atomic mass is 32.1. The molecule has 0 aliphatic heterocycles. The van der Waals surface area contributed by atoms with Crippen LogP contribution in [0.3, 0.4) is 0 Å². The van der Waals surface area contributed by atoms with E-state index in [1.807, 2.05) is 0 Å². The first-order chi connectivity index (χ1) is 13.1. The molecule has 0 heterocycles. The minimum Gasteiger partial charge on any atom is -0.417 e. The van der Waals surface area contributed by atoms with Crippen LogP contribution in [0.25, 0.3) is 0 Å². The largest absolute Gasteiger partial charge is 0.417 e. The second-order valence-corrected chi connectivity index (χ2v) is 13.8. The molecule has 0 radical (unpaired) electrons. The molecule has 0 saturated heterocycles. The Bertz CT molecular complexity index is 284. The summed E-state index contributed by atoms with van der Waals surface area (Å²) in [6.07, 6.45) is 25.4. The lowest BCUT2D eigenvalue weighted by molar-refractivity contribution is 0.293. The first-order valence-corrected chi connectivity index (χ1v) is 16.1. The molecule has 164 valence electrons. The lowest BCUT2D eigenvalue weighted by atomic mass is 10.0. The molecule has 0 aromatic heterocycles. The van der Waals surface area contributed by atoms with Crippen LogP contribution >= 0.6 is 12.6 Å². The van der Waals surface area contributed by atoms with Gasteiger partial charge in [0.15, 0.2) is 8.32 Å². The molecule has 0 unspecified atom stereocenters. The number of hydrogen-bond donors (Lipinski definition) is 1. The predicted molar refractivity (Wildman–Crippen MR) is 131 cm³/mol. The first-order valence-electron chi connectivity index (χ1n) is 12.4. The van der Waals surface area contributed by atoms with Crippen molar-refractivity contribution in [1.29, 1.82) is 0 Å². The lowest BCUT2D eigenvalue weighted by Gasteiger charge is -2.22. The summed E-state index contributed by atoms with van der Waals surface area (Å²) in [6, 6.07) is 1.30. The van der Waals surface area contributed by atoms with Crippen molar-refractivity contribution < 1.29 is 4.43 Å². The third kappa shape index (κ3) is 22.7. The van der Waals surface area contributed by atoms with E-state index in [1.54, 1.807) is 0 Å². The van der Waals surface area contributed by atoms with Gasteiger partial charge >= 0.3 is 0 Å². The van der Waals surface area contributed by atoms with Crippen LogP contribution in [0.2, 0.25) is 19.1 Å². The molecule has 1 nitrogen and oxygen atoms in total. The van der Waals surface area contributed by atoms with Gasteiger partial charge in [-0.2, -0.15) is 12.6 Å². The fourth-order valence-corrected chi connectivity index (χ4v) is 5.90. The molecule has 0 spiro atoms. The molecule has 0 atom stereocenters. The van der Waals surface area contributed by atoms with E-state index in [4.69, 9.17) is 4.43 Å². The number of thiol groups is 1. The standard InChI is InChI=1S/C24H52OSSi/c1-4-5-6-7-8-9-10-11-12-13-14-15-16-17-18-19-22-25-27(2,3)24-21-20-23-26/h26H,4-24H2,1-3H3. The van der Waals surface area contributed by atoms with Crippen LogP contribution in [0.15, 0.2) is 0 Å². The first kappa shape index (κ1) is 27.5. The van der Waals surface area contributed by atoms with E-state index in [1.165, 1.54) is 122 Å². The summed E-state index contributed by atoms with van der Waals surface area (Å²) in [5, 5.41) is 0. The molecule has 0 bridgehead atoms. The summed E-state index contributed by atoms with van der Waals surface area (Å²) in [5.74, 6) is 1.02. The summed E-state index contributed by atoms with van der Waals surface area (Å²) < 4.78 is 6.21. The van der Waals surface area contributed by atoms with E-state index in [9.17, 15) is 0 Å². The Hall–Kier alpha value is 0.527. The topological polar surface area (TPSA) is 9.23 Å². The van der Waals surface area contributed by atoms with Gasteiger partial charge in [0, 0.05) is 6.61 Å². The van der Waals surface area contributed by atoms with Crippen molar-refractivity contribution in [3.63, 3.8) is 0 Å². The number of hydrogen-bond acceptors (Lipinski definition) is 2. The highest BCUT2D eigenvalue weighted by Crippen LogP contribution is 2.17. The van der Waals surface area contributed by atoms with Crippen molar-refractivity contribution in [2.75, 3.05) is 12.4 Å². The van der Waals surface area contributed by atoms with Gasteiger partial charge in [-0.05, 0) is 37.7 Å². The Morgan fingerprint density at radius 3 is 1.37 bits per heavy atom. The van der Waals surface area contributed by atoms with Crippen LogP contribution in [0.4, 0.5) is 0 Å². The van der Waals surface area contributed by atoms with Crippen molar-refractivity contribution in [3.8, 4) is 0 Å². The van der Waals surface area contributed by atoms with E-state index in [0.29, 0.717) is 0 Å². The number of rotatable bonds is 22. The Morgan fingerprint density at radius 2 is 0.963 bits per heavy atom. The highest BCUT2D eigenvalue weighted by Gasteiger charge is 2.20. The Kier molecular flexibility index (Phi) is 21.7. The smallest absolute Gasteiger partial charge is 0.186 e. The Morgan fingerprint density at radius 1 is 0.556 bits per heavy atom. The zero-order valence-corrected chi connectivity index (χ0v) is 21.1. The summed E-state index contributed by atoms with van der Waals surface area (Å²) >= 11 is 4.30. The van der Waals surface area contributed by atoms with Crippen molar-refractivity contribution in [2.45, 2.75) is 142 Å². The van der Waals surface area contributed by atoms with Crippen molar-refractivity contribution in [2.24, 2.45) is 0 Å². The summed E-state index contributed by atoms with van der Waals surface area (Å²) in [4.78, 5) is 0. The van der Waals surface area contributed by atoms with Crippen molar-refractivity contribution >= 4 is 20.9 Å². The Labute approximate surface area is 179 Å². The maximum absolute atomic E-state index is 6.21. The van der Waals surface area contributed by atoms with Gasteiger partial charge in [-0.3, -0.25) is 0 Å². The van der Waals surface area contributed by atoms with Crippen molar-refractivity contribution in [3.05, 3.63) is 0 Å². The molecule has 3 heteroatoms. The molecule has 0 amide bonds. The molecule has 0 aliphatic rings. The molecular weight excluding hydrogens is 364 g/mol. The average molecular weight is 417 g/mol. The van der Waals surface area contributed by atoms with E-state index >= 15 is 0 Å². The van der Waals surface area contributed by atoms with Gasteiger partial charge < -0.3 is 4.43 Å². The second kappa shape index (κ2) is 21.2. The zero-order chi connectivity index (χ0) is 20.1. The van der Waals surface area contributed by atoms with E-state index in [-0.39, 0.29) is 0 Å². The predicted octanol–water partition coefficient (Wildman–Crippen LogP) is 9.18. The van der Waals surface area contributed by atoms with Crippen LogP contribution in [0.5, 0.6) is 0 Å². The molecule has 0 saturated carbocycles. The monoisotopic (exact) mass is 416 g/mol. The molecule has 0 aromatic rings. The molecule has 0 aromatic carbocycles. The van der Waals surface area contributed by atoms with E-state index in [0.717, 1.165) is 12.4 Å². The summed E-state index contributed by atoms with van der Waals surface area (Å²) in [7, 11) is -1.38. The van der Waals surface area contributed by atoms with Gasteiger partial charge in [-0.15, -0.1) is 0 Å². The highest BCUT2D eigenvalue weighted by molar-refractivity contribution is 7.80. The van der Waals surface area contributed by atoms with Gasteiger partial charge in [-0.25, -0.2) is 0 Å². The minimum atomic E-state index is -1.38. The lowest BCUT2D eigenvalue weighted by Crippen LogP contribution is -2.30. The third-order valence-corrected chi connectivity index (χ3v) is 8.54. The summed E-state index contributed by atoms with van der Waals surface area (Å²) in [5.41, 5.74) is 0. The quantitative estimate of drug-likeness (QED) is 0.105. The SMILES string of the molecule is CCCCCCCCCCCCCCCCCCO[Si](C)(C)CCCCS. The zero-order valence-electron chi connectivity index (χ0n) is 19.2. The van der Waals surface area contributed by atoms with Crippen LogP contribution in [0, 0.1) is 0 Å². The van der Waals surface area contributed by atoms with Gasteiger partial charge in [-0.1, -0.05) is 110 Å². The minimum absolute atomic E-state index is 0.999. The van der Waals surface area contributed by atoms with E-state index < -0.39 is 8.32 Å². The van der Waals surface area contributed by atoms with Crippen LogP contribution in [0.1, 0.15) is 122 Å². The summed E-state index contributed by atoms with van der Waals surface area (Å²) in [6.45, 7) is 8.04. The van der Waals surface area contributed by atoms with Crippen molar-refractivity contribution in [1.82, 2.24) is 0 Å². The van der Waals surface area contributed by atoms with Crippen LogP contribution in [-0.4, -0.2) is 20.7 Å². The normalized spacial score (nSPS) is 12.0. The Balaban J connectivity index is 3.16. The second-order valence-electron chi connectivity index (χ2n) is 9.09. The van der Waals surface area contributed by atoms with Gasteiger partial charge in [0.1, 0.15) is 0 Å². The van der Waals surface area contributed by atoms with Crippen LogP contribution < -0.4 is 0 Å². The van der Waals surface area contributed by atoms with Gasteiger partial charge in [0.05, 0.1) is 0 Å². The fourth-order valence-electron chi connectivity index (χ4n) is 3.73. The molecule has 0 rings (SSSR count). The average Bonchev–Trinajstić information content (AvgIpc) is 2.64. The molecule has 27 heavy (non-hydrogen) atoms.